The lowest BCUT2D eigenvalue weighted by Gasteiger charge is -2.27. The van der Waals surface area contributed by atoms with E-state index in [1.54, 1.807) is 6.20 Å². The van der Waals surface area contributed by atoms with Crippen molar-refractivity contribution < 1.29 is 19.4 Å². The highest BCUT2D eigenvalue weighted by atomic mass is 16.5. The Morgan fingerprint density at radius 1 is 1.12 bits per heavy atom. The van der Waals surface area contributed by atoms with Gasteiger partial charge >= 0.3 is 5.97 Å². The number of ketones is 1. The summed E-state index contributed by atoms with van der Waals surface area (Å²) >= 11 is 0. The zero-order chi connectivity index (χ0) is 22.7. The molecule has 2 aromatic carbocycles. The molecule has 0 saturated heterocycles. The number of pyridine rings is 1. The van der Waals surface area contributed by atoms with Crippen molar-refractivity contribution in [3.63, 3.8) is 0 Å². The van der Waals surface area contributed by atoms with E-state index < -0.39 is 17.8 Å². The molecule has 168 valence electrons. The standard InChI is InChI=1S/C27H26N2O4/c1-33-23-11-18(13-28-25(23)26(30)20-12-21(20)27(31)32)29(14-15-5-6-15)22-10-9-17-8-7-16-3-2-4-19(22)24(16)17/h2-4,9-11,13,15,20-21H,5-8,12,14H2,1H3,(H,31,32). The summed E-state index contributed by atoms with van der Waals surface area (Å²) < 4.78 is 5.57. The minimum Gasteiger partial charge on any atom is -0.494 e. The Morgan fingerprint density at radius 3 is 2.61 bits per heavy atom. The van der Waals surface area contributed by atoms with Crippen LogP contribution >= 0.6 is 0 Å². The molecule has 1 N–H and O–H groups in total. The molecule has 33 heavy (non-hydrogen) atoms. The van der Waals surface area contributed by atoms with Crippen LogP contribution < -0.4 is 9.64 Å². The fraction of sp³-hybridized carbons (Fsp3) is 0.370. The molecule has 3 aliphatic rings. The van der Waals surface area contributed by atoms with Gasteiger partial charge in [-0.05, 0) is 60.6 Å². The molecule has 6 nitrogen and oxygen atoms in total. The Kier molecular flexibility index (Phi) is 4.64. The summed E-state index contributed by atoms with van der Waals surface area (Å²) in [5.74, 6) is -1.24. The van der Waals surface area contributed by atoms with Crippen LogP contribution in [0.2, 0.25) is 0 Å². The van der Waals surface area contributed by atoms with Gasteiger partial charge in [-0.3, -0.25) is 9.59 Å². The summed E-state index contributed by atoms with van der Waals surface area (Å²) in [5.41, 5.74) is 5.08. The number of benzene rings is 2. The maximum Gasteiger partial charge on any atom is 0.307 e. The fourth-order valence-electron chi connectivity index (χ4n) is 5.22. The number of aromatic nitrogens is 1. The zero-order valence-corrected chi connectivity index (χ0v) is 18.6. The average Bonchev–Trinajstić information content (AvgIpc) is 3.76. The van der Waals surface area contributed by atoms with Gasteiger partial charge < -0.3 is 14.7 Å². The van der Waals surface area contributed by atoms with Crippen LogP contribution in [-0.4, -0.2) is 35.5 Å². The second-order valence-corrected chi connectivity index (χ2v) is 9.53. The van der Waals surface area contributed by atoms with Gasteiger partial charge in [0.25, 0.3) is 0 Å². The number of aryl methyl sites for hydroxylation is 2. The predicted molar refractivity (Wildman–Crippen MR) is 125 cm³/mol. The van der Waals surface area contributed by atoms with Crippen LogP contribution in [0.1, 0.15) is 40.9 Å². The highest BCUT2D eigenvalue weighted by molar-refractivity contribution is 6.04. The summed E-state index contributed by atoms with van der Waals surface area (Å²) in [6.45, 7) is 0.889. The molecule has 2 saturated carbocycles. The summed E-state index contributed by atoms with van der Waals surface area (Å²) in [6.07, 6.45) is 6.72. The van der Waals surface area contributed by atoms with E-state index in [0.29, 0.717) is 18.1 Å². The third-order valence-electron chi connectivity index (χ3n) is 7.33. The molecular weight excluding hydrogens is 416 g/mol. The first-order valence-corrected chi connectivity index (χ1v) is 11.7. The number of carbonyl (C=O) groups is 2. The first kappa shape index (κ1) is 20.2. The molecular formula is C27H26N2O4. The summed E-state index contributed by atoms with van der Waals surface area (Å²) in [4.78, 5) is 30.9. The molecule has 0 aliphatic heterocycles. The summed E-state index contributed by atoms with van der Waals surface area (Å²) in [5, 5.41) is 11.8. The topological polar surface area (TPSA) is 79.7 Å². The third kappa shape index (κ3) is 3.45. The largest absolute Gasteiger partial charge is 0.494 e. The number of hydrogen-bond acceptors (Lipinski definition) is 5. The van der Waals surface area contributed by atoms with Crippen LogP contribution in [-0.2, 0) is 17.6 Å². The molecule has 0 radical (unpaired) electrons. The lowest BCUT2D eigenvalue weighted by atomic mass is 10.0. The van der Waals surface area contributed by atoms with Gasteiger partial charge in [0.15, 0.2) is 5.78 Å². The molecule has 1 aromatic heterocycles. The molecule has 2 atom stereocenters. The normalized spacial score (nSPS) is 20.6. The molecule has 0 amide bonds. The van der Waals surface area contributed by atoms with Gasteiger partial charge in [0, 0.05) is 29.6 Å². The van der Waals surface area contributed by atoms with Crippen molar-refractivity contribution in [2.24, 2.45) is 17.8 Å². The van der Waals surface area contributed by atoms with Crippen molar-refractivity contribution in [3.8, 4) is 5.75 Å². The van der Waals surface area contributed by atoms with Crippen molar-refractivity contribution in [2.75, 3.05) is 18.6 Å². The van der Waals surface area contributed by atoms with E-state index in [9.17, 15) is 14.7 Å². The molecule has 3 aliphatic carbocycles. The minimum atomic E-state index is -0.924. The maximum absolute atomic E-state index is 12.9. The van der Waals surface area contributed by atoms with E-state index in [4.69, 9.17) is 4.74 Å². The van der Waals surface area contributed by atoms with Crippen LogP contribution in [0.5, 0.6) is 5.75 Å². The van der Waals surface area contributed by atoms with Crippen molar-refractivity contribution in [2.45, 2.75) is 32.1 Å². The van der Waals surface area contributed by atoms with Gasteiger partial charge in [-0.1, -0.05) is 24.3 Å². The zero-order valence-electron chi connectivity index (χ0n) is 18.6. The summed E-state index contributed by atoms with van der Waals surface area (Å²) in [6, 6.07) is 12.9. The minimum absolute atomic E-state index is 0.224. The summed E-state index contributed by atoms with van der Waals surface area (Å²) in [7, 11) is 1.53. The second kappa shape index (κ2) is 7.58. The Balaban J connectivity index is 1.41. The van der Waals surface area contributed by atoms with Crippen molar-refractivity contribution in [1.29, 1.82) is 0 Å². The lowest BCUT2D eigenvalue weighted by Crippen LogP contribution is -2.21. The van der Waals surface area contributed by atoms with Gasteiger partial charge in [-0.2, -0.15) is 0 Å². The fourth-order valence-corrected chi connectivity index (χ4v) is 5.22. The molecule has 1 heterocycles. The Morgan fingerprint density at radius 2 is 1.91 bits per heavy atom. The van der Waals surface area contributed by atoms with Crippen LogP contribution in [0.15, 0.2) is 42.6 Å². The van der Waals surface area contributed by atoms with Crippen LogP contribution in [0.25, 0.3) is 10.8 Å². The number of carbonyl (C=O) groups excluding carboxylic acids is 1. The number of carboxylic acid groups (broad SMARTS) is 1. The molecule has 2 unspecified atom stereocenters. The SMILES string of the molecule is COc1cc(N(CC2CC2)c2ccc3c4c(cccc24)CC3)cnc1C(=O)C1CC1C(=O)O. The predicted octanol–water partition coefficient (Wildman–Crippen LogP) is 4.79. The van der Waals surface area contributed by atoms with Crippen molar-refractivity contribution in [1.82, 2.24) is 4.98 Å². The smallest absolute Gasteiger partial charge is 0.307 e. The number of methoxy groups -OCH3 is 1. The third-order valence-corrected chi connectivity index (χ3v) is 7.33. The second-order valence-electron chi connectivity index (χ2n) is 9.53. The van der Waals surface area contributed by atoms with E-state index in [1.165, 1.54) is 41.9 Å². The number of carboxylic acids is 1. The highest BCUT2D eigenvalue weighted by Gasteiger charge is 2.49. The van der Waals surface area contributed by atoms with Crippen molar-refractivity contribution >= 4 is 33.9 Å². The quantitative estimate of drug-likeness (QED) is 0.505. The maximum atomic E-state index is 12.9. The van der Waals surface area contributed by atoms with Gasteiger partial charge in [-0.15, -0.1) is 0 Å². The number of ether oxygens (including phenoxy) is 1. The first-order chi connectivity index (χ1) is 16.0. The van der Waals surface area contributed by atoms with Crippen LogP contribution in [0.3, 0.4) is 0 Å². The van der Waals surface area contributed by atoms with E-state index in [-0.39, 0.29) is 11.5 Å². The highest BCUT2D eigenvalue weighted by Crippen LogP contribution is 2.44. The number of nitrogens with zero attached hydrogens (tertiary/aromatic N) is 2. The number of rotatable bonds is 8. The number of Topliss-reactive ketones (excluding diaryl/α,β-unsaturated/α-hetero) is 1. The van der Waals surface area contributed by atoms with Gasteiger partial charge in [-0.25, -0.2) is 4.98 Å². The molecule has 0 spiro atoms. The molecule has 6 heteroatoms. The van der Waals surface area contributed by atoms with E-state index in [2.05, 4.69) is 40.2 Å². The van der Waals surface area contributed by atoms with Crippen LogP contribution in [0.4, 0.5) is 11.4 Å². The molecule has 3 aromatic rings. The number of anilines is 2. The average molecular weight is 443 g/mol. The van der Waals surface area contributed by atoms with E-state index in [1.807, 2.05) is 6.07 Å². The Hall–Kier alpha value is -3.41. The van der Waals surface area contributed by atoms with Gasteiger partial charge in [0.2, 0.25) is 0 Å². The monoisotopic (exact) mass is 442 g/mol. The molecule has 2 fully saturated rings. The van der Waals surface area contributed by atoms with E-state index in [0.717, 1.165) is 30.8 Å². The number of hydrogen-bond donors (Lipinski definition) is 1. The van der Waals surface area contributed by atoms with Crippen molar-refractivity contribution in [3.05, 3.63) is 59.4 Å². The Labute approximate surface area is 192 Å². The van der Waals surface area contributed by atoms with Gasteiger partial charge in [0.05, 0.1) is 24.9 Å². The lowest BCUT2D eigenvalue weighted by molar-refractivity contribution is -0.138. The van der Waals surface area contributed by atoms with E-state index >= 15 is 0 Å². The first-order valence-electron chi connectivity index (χ1n) is 11.7. The van der Waals surface area contributed by atoms with Gasteiger partial charge in [0.1, 0.15) is 11.4 Å². The molecule has 0 bridgehead atoms. The Bertz CT molecular complexity index is 1290. The molecule has 6 rings (SSSR count). The number of aliphatic carboxylic acids is 1. The van der Waals surface area contributed by atoms with Crippen LogP contribution in [0, 0.1) is 17.8 Å².